The number of Topliss-reactive ketones (excluding diaryl/α,β-unsaturated/α-hetero) is 2. The summed E-state index contributed by atoms with van der Waals surface area (Å²) in [5, 5.41) is 0. The van der Waals surface area contributed by atoms with Gasteiger partial charge in [-0.3, -0.25) is 14.4 Å². The molecule has 0 spiro atoms. The summed E-state index contributed by atoms with van der Waals surface area (Å²) in [5.41, 5.74) is 3.69. The summed E-state index contributed by atoms with van der Waals surface area (Å²) in [6.45, 7) is 8.60. The maximum atomic E-state index is 12.9. The van der Waals surface area contributed by atoms with Gasteiger partial charge in [0.05, 0.1) is 0 Å². The first-order chi connectivity index (χ1) is 12.3. The van der Waals surface area contributed by atoms with Crippen molar-refractivity contribution >= 4 is 17.5 Å². The summed E-state index contributed by atoms with van der Waals surface area (Å²) in [7, 11) is 0. The standard InChI is InChI=1S/C22H25NO3/c1-5-6-16-7-13(2)21(14(3)8-16)22-19(25)9-17(10-20(22)26)18-11-23(12-18)15(4)24/h7-8,17-18,22H,9-12H2,1-4H3. The van der Waals surface area contributed by atoms with Gasteiger partial charge in [-0.05, 0) is 61.4 Å². The fourth-order valence-electron chi connectivity index (χ4n) is 4.37. The van der Waals surface area contributed by atoms with E-state index in [4.69, 9.17) is 0 Å². The van der Waals surface area contributed by atoms with Crippen molar-refractivity contribution in [1.29, 1.82) is 0 Å². The number of carbonyl (C=O) groups is 3. The average Bonchev–Trinajstić information content (AvgIpc) is 2.47. The number of ketones is 2. The van der Waals surface area contributed by atoms with Crippen molar-refractivity contribution in [3.63, 3.8) is 0 Å². The highest BCUT2D eigenvalue weighted by Crippen LogP contribution is 2.39. The lowest BCUT2D eigenvalue weighted by atomic mass is 9.69. The van der Waals surface area contributed by atoms with Gasteiger partial charge in [0.15, 0.2) is 0 Å². The molecule has 1 heterocycles. The number of aryl methyl sites for hydroxylation is 2. The van der Waals surface area contributed by atoms with Crippen molar-refractivity contribution in [1.82, 2.24) is 4.90 Å². The molecule has 1 amide bonds. The average molecular weight is 351 g/mol. The zero-order chi connectivity index (χ0) is 19.0. The quantitative estimate of drug-likeness (QED) is 0.608. The zero-order valence-corrected chi connectivity index (χ0v) is 15.9. The van der Waals surface area contributed by atoms with Gasteiger partial charge in [-0.15, -0.1) is 5.92 Å². The molecule has 0 N–H and O–H groups in total. The van der Waals surface area contributed by atoms with Crippen molar-refractivity contribution < 1.29 is 14.4 Å². The van der Waals surface area contributed by atoms with Gasteiger partial charge in [0.1, 0.15) is 17.5 Å². The Balaban J connectivity index is 1.79. The summed E-state index contributed by atoms with van der Waals surface area (Å²) in [4.78, 5) is 38.8. The number of likely N-dealkylation sites (tertiary alicyclic amines) is 1. The highest BCUT2D eigenvalue weighted by atomic mass is 16.2. The van der Waals surface area contributed by atoms with E-state index in [-0.39, 0.29) is 29.3 Å². The van der Waals surface area contributed by atoms with E-state index in [0.29, 0.717) is 25.9 Å². The predicted octanol–water partition coefficient (Wildman–Crippen LogP) is 2.78. The van der Waals surface area contributed by atoms with Crippen LogP contribution in [0.3, 0.4) is 0 Å². The zero-order valence-electron chi connectivity index (χ0n) is 15.9. The van der Waals surface area contributed by atoms with Crippen LogP contribution in [0.1, 0.15) is 54.9 Å². The third kappa shape index (κ3) is 3.31. The lowest BCUT2D eigenvalue weighted by molar-refractivity contribution is -0.140. The van der Waals surface area contributed by atoms with E-state index in [1.54, 1.807) is 18.7 Å². The molecule has 1 aromatic carbocycles. The maximum Gasteiger partial charge on any atom is 0.219 e. The van der Waals surface area contributed by atoms with Crippen molar-refractivity contribution in [2.24, 2.45) is 11.8 Å². The van der Waals surface area contributed by atoms with E-state index in [1.807, 2.05) is 26.0 Å². The van der Waals surface area contributed by atoms with Crippen molar-refractivity contribution in [2.75, 3.05) is 13.1 Å². The summed E-state index contributed by atoms with van der Waals surface area (Å²) in [6.07, 6.45) is 0.866. The molecule has 2 aliphatic rings. The molecule has 1 aliphatic carbocycles. The molecule has 1 aliphatic heterocycles. The Labute approximate surface area is 155 Å². The number of hydrogen-bond acceptors (Lipinski definition) is 3. The normalized spacial score (nSPS) is 23.3. The monoisotopic (exact) mass is 351 g/mol. The van der Waals surface area contributed by atoms with E-state index >= 15 is 0 Å². The lowest BCUT2D eigenvalue weighted by Crippen LogP contribution is -2.53. The molecule has 2 fully saturated rings. The maximum absolute atomic E-state index is 12.9. The van der Waals surface area contributed by atoms with Crippen LogP contribution in [0.4, 0.5) is 0 Å². The number of hydrogen-bond donors (Lipinski definition) is 0. The highest BCUT2D eigenvalue weighted by Gasteiger charge is 2.44. The van der Waals surface area contributed by atoms with Gasteiger partial charge in [-0.25, -0.2) is 0 Å². The number of amides is 1. The van der Waals surface area contributed by atoms with Crippen LogP contribution < -0.4 is 0 Å². The molecule has 0 radical (unpaired) electrons. The van der Waals surface area contributed by atoms with E-state index in [9.17, 15) is 14.4 Å². The first-order valence-electron chi connectivity index (χ1n) is 9.16. The highest BCUT2D eigenvalue weighted by molar-refractivity contribution is 6.10. The van der Waals surface area contributed by atoms with Crippen LogP contribution in [0.5, 0.6) is 0 Å². The number of nitrogens with zero attached hydrogens (tertiary/aromatic N) is 1. The fraction of sp³-hybridized carbons (Fsp3) is 0.500. The van der Waals surface area contributed by atoms with E-state index in [1.165, 1.54) is 0 Å². The smallest absolute Gasteiger partial charge is 0.219 e. The Morgan fingerprint density at radius 1 is 1.04 bits per heavy atom. The van der Waals surface area contributed by atoms with Crippen LogP contribution in [0.25, 0.3) is 0 Å². The minimum Gasteiger partial charge on any atom is -0.342 e. The minimum absolute atomic E-state index is 0.0213. The third-order valence-electron chi connectivity index (χ3n) is 5.74. The second kappa shape index (κ2) is 7.07. The Hall–Kier alpha value is -2.41. The number of benzene rings is 1. The van der Waals surface area contributed by atoms with Gasteiger partial charge in [0.2, 0.25) is 5.91 Å². The molecular formula is C22H25NO3. The van der Waals surface area contributed by atoms with Crippen LogP contribution in [-0.2, 0) is 14.4 Å². The Morgan fingerprint density at radius 3 is 2.04 bits per heavy atom. The van der Waals surface area contributed by atoms with Crippen molar-refractivity contribution in [3.05, 3.63) is 34.4 Å². The number of rotatable bonds is 2. The van der Waals surface area contributed by atoms with Crippen LogP contribution in [0.2, 0.25) is 0 Å². The lowest BCUT2D eigenvalue weighted by Gasteiger charge is -2.44. The molecule has 0 bridgehead atoms. The van der Waals surface area contributed by atoms with Crippen LogP contribution in [0, 0.1) is 37.5 Å². The van der Waals surface area contributed by atoms with E-state index in [0.717, 1.165) is 22.3 Å². The SMILES string of the molecule is CC#Cc1cc(C)c(C2C(=O)CC(C3CN(C(C)=O)C3)CC2=O)c(C)c1. The molecule has 4 nitrogen and oxygen atoms in total. The Morgan fingerprint density at radius 2 is 1.58 bits per heavy atom. The molecular weight excluding hydrogens is 326 g/mol. The minimum atomic E-state index is -0.640. The van der Waals surface area contributed by atoms with Crippen LogP contribution >= 0.6 is 0 Å². The number of carbonyl (C=O) groups excluding carboxylic acids is 3. The fourth-order valence-corrected chi connectivity index (χ4v) is 4.37. The van der Waals surface area contributed by atoms with Crippen LogP contribution in [0.15, 0.2) is 12.1 Å². The second-order valence-corrected chi connectivity index (χ2v) is 7.62. The molecule has 136 valence electrons. The second-order valence-electron chi connectivity index (χ2n) is 7.62. The van der Waals surface area contributed by atoms with Gasteiger partial charge in [-0.1, -0.05) is 5.92 Å². The summed E-state index contributed by atoms with van der Waals surface area (Å²) < 4.78 is 0. The van der Waals surface area contributed by atoms with Gasteiger partial charge in [0, 0.05) is 38.4 Å². The Kier molecular flexibility index (Phi) is 5.00. The molecule has 1 aromatic rings. The molecule has 1 saturated heterocycles. The predicted molar refractivity (Wildman–Crippen MR) is 99.7 cm³/mol. The summed E-state index contributed by atoms with van der Waals surface area (Å²) in [6, 6.07) is 3.92. The van der Waals surface area contributed by atoms with Gasteiger partial charge in [-0.2, -0.15) is 0 Å². The molecule has 1 saturated carbocycles. The molecule has 0 aromatic heterocycles. The van der Waals surface area contributed by atoms with Gasteiger partial charge in [0.25, 0.3) is 0 Å². The molecule has 3 rings (SSSR count). The van der Waals surface area contributed by atoms with E-state index < -0.39 is 5.92 Å². The van der Waals surface area contributed by atoms with Gasteiger partial charge < -0.3 is 4.90 Å². The van der Waals surface area contributed by atoms with Crippen LogP contribution in [-0.4, -0.2) is 35.5 Å². The molecule has 4 heteroatoms. The van der Waals surface area contributed by atoms with Crippen molar-refractivity contribution in [2.45, 2.75) is 46.5 Å². The molecule has 0 unspecified atom stereocenters. The first kappa shape index (κ1) is 18.4. The van der Waals surface area contributed by atoms with Gasteiger partial charge >= 0.3 is 0 Å². The van der Waals surface area contributed by atoms with Crippen molar-refractivity contribution in [3.8, 4) is 11.8 Å². The summed E-state index contributed by atoms with van der Waals surface area (Å²) in [5.74, 6) is 5.74. The largest absolute Gasteiger partial charge is 0.342 e. The molecule has 26 heavy (non-hydrogen) atoms. The molecule has 0 atom stereocenters. The topological polar surface area (TPSA) is 54.5 Å². The first-order valence-corrected chi connectivity index (χ1v) is 9.16. The third-order valence-corrected chi connectivity index (χ3v) is 5.74. The summed E-state index contributed by atoms with van der Waals surface area (Å²) >= 11 is 0. The van der Waals surface area contributed by atoms with E-state index in [2.05, 4.69) is 11.8 Å². The Bertz CT molecular complexity index is 796.